The highest BCUT2D eigenvalue weighted by molar-refractivity contribution is 5.81. The normalized spacial score (nSPS) is 15.7. The maximum atomic E-state index is 11.5. The van der Waals surface area contributed by atoms with Crippen LogP contribution < -0.4 is 20.5 Å². The number of fused-ring (bicyclic) bond motifs is 1. The van der Waals surface area contributed by atoms with Crippen LogP contribution in [0.2, 0.25) is 0 Å². The van der Waals surface area contributed by atoms with E-state index in [1.54, 1.807) is 0 Å². The van der Waals surface area contributed by atoms with Gasteiger partial charge < -0.3 is 25.6 Å². The molecule has 2 atom stereocenters. The Morgan fingerprint density at radius 1 is 1.45 bits per heavy atom. The van der Waals surface area contributed by atoms with Gasteiger partial charge in [0.1, 0.15) is 6.04 Å². The van der Waals surface area contributed by atoms with E-state index in [4.69, 9.17) is 20.3 Å². The Morgan fingerprint density at radius 3 is 2.91 bits per heavy atom. The summed E-state index contributed by atoms with van der Waals surface area (Å²) in [6.45, 7) is 2.36. The first-order valence-electron chi connectivity index (χ1n) is 7.24. The monoisotopic (exact) mass is 309 g/mol. The number of amides is 1. The average Bonchev–Trinajstić information content (AvgIpc) is 2.98. The highest BCUT2D eigenvalue weighted by atomic mass is 16.7. The zero-order chi connectivity index (χ0) is 16.1. The molecule has 2 unspecified atom stereocenters. The van der Waals surface area contributed by atoms with Crippen LogP contribution in [0.5, 0.6) is 11.5 Å². The molecule has 1 amide bonds. The van der Waals surface area contributed by atoms with Crippen LogP contribution in [-0.4, -0.2) is 55.1 Å². The summed E-state index contributed by atoms with van der Waals surface area (Å²) in [6.07, 6.45) is 0.815. The van der Waals surface area contributed by atoms with Gasteiger partial charge in [0.15, 0.2) is 11.5 Å². The van der Waals surface area contributed by atoms with Crippen LogP contribution in [0.3, 0.4) is 0 Å². The van der Waals surface area contributed by atoms with Crippen molar-refractivity contribution in [2.75, 3.05) is 27.1 Å². The van der Waals surface area contributed by atoms with Crippen molar-refractivity contribution >= 4 is 5.91 Å². The van der Waals surface area contributed by atoms with Gasteiger partial charge in [-0.15, -0.1) is 0 Å². The lowest BCUT2D eigenvalue weighted by molar-refractivity contribution is -0.123. The van der Waals surface area contributed by atoms with Gasteiger partial charge in [-0.2, -0.15) is 0 Å². The van der Waals surface area contributed by atoms with Crippen LogP contribution in [0.25, 0.3) is 0 Å². The Labute approximate surface area is 130 Å². The van der Waals surface area contributed by atoms with Crippen LogP contribution in [0.15, 0.2) is 18.2 Å². The molecule has 1 aliphatic rings. The predicted octanol–water partition coefficient (Wildman–Crippen LogP) is -0.329. The quantitative estimate of drug-likeness (QED) is 0.597. The van der Waals surface area contributed by atoms with Gasteiger partial charge >= 0.3 is 0 Å². The fraction of sp³-hybridized carbons (Fsp3) is 0.533. The molecular formula is C15H23N3O4. The molecule has 1 aromatic rings. The Bertz CT molecular complexity index is 524. The second-order valence-corrected chi connectivity index (χ2v) is 5.49. The molecular weight excluding hydrogens is 286 g/mol. The third-order valence-electron chi connectivity index (χ3n) is 3.76. The number of rotatable bonds is 7. The maximum absolute atomic E-state index is 11.5. The molecule has 122 valence electrons. The molecule has 0 bridgehead atoms. The van der Waals surface area contributed by atoms with Crippen molar-refractivity contribution < 1.29 is 19.4 Å². The number of aliphatic hydroxyl groups is 1. The molecule has 22 heavy (non-hydrogen) atoms. The SMILES string of the molecule is CC(Cc1ccc2c(c1)OCO2)N(C)CNC(=O)C(N)CO. The van der Waals surface area contributed by atoms with E-state index in [1.807, 2.05) is 30.1 Å². The molecule has 0 spiro atoms. The van der Waals surface area contributed by atoms with E-state index in [-0.39, 0.29) is 25.3 Å². The Balaban J connectivity index is 1.83. The number of ether oxygens (including phenoxy) is 2. The van der Waals surface area contributed by atoms with Gasteiger partial charge in [-0.25, -0.2) is 0 Å². The van der Waals surface area contributed by atoms with E-state index in [9.17, 15) is 4.79 Å². The predicted molar refractivity (Wildman–Crippen MR) is 81.6 cm³/mol. The number of carbonyl (C=O) groups is 1. The summed E-state index contributed by atoms with van der Waals surface area (Å²) >= 11 is 0. The second-order valence-electron chi connectivity index (χ2n) is 5.49. The van der Waals surface area contributed by atoms with Crippen molar-refractivity contribution in [1.82, 2.24) is 10.2 Å². The zero-order valence-corrected chi connectivity index (χ0v) is 12.9. The summed E-state index contributed by atoms with van der Waals surface area (Å²) in [7, 11) is 1.92. The molecule has 0 aliphatic carbocycles. The number of hydrogen-bond acceptors (Lipinski definition) is 6. The molecule has 2 rings (SSSR count). The lowest BCUT2D eigenvalue weighted by Gasteiger charge is -2.25. The number of nitrogens with zero attached hydrogens (tertiary/aromatic N) is 1. The van der Waals surface area contributed by atoms with Gasteiger partial charge in [-0.05, 0) is 38.1 Å². The van der Waals surface area contributed by atoms with Crippen LogP contribution >= 0.6 is 0 Å². The van der Waals surface area contributed by atoms with E-state index >= 15 is 0 Å². The Morgan fingerprint density at radius 2 is 2.18 bits per heavy atom. The highest BCUT2D eigenvalue weighted by Gasteiger charge is 2.17. The summed E-state index contributed by atoms with van der Waals surface area (Å²) in [5.41, 5.74) is 6.59. The van der Waals surface area contributed by atoms with Gasteiger partial charge in [-0.3, -0.25) is 9.69 Å². The summed E-state index contributed by atoms with van der Waals surface area (Å²) in [5, 5.41) is 11.5. The first-order chi connectivity index (χ1) is 10.5. The number of benzene rings is 1. The van der Waals surface area contributed by atoms with Crippen LogP contribution in [0.4, 0.5) is 0 Å². The molecule has 1 heterocycles. The van der Waals surface area contributed by atoms with E-state index < -0.39 is 6.04 Å². The molecule has 1 aromatic carbocycles. The lowest BCUT2D eigenvalue weighted by atomic mass is 10.1. The molecule has 0 fully saturated rings. The number of likely N-dealkylation sites (N-methyl/N-ethyl adjacent to an activating group) is 1. The zero-order valence-electron chi connectivity index (χ0n) is 12.9. The van der Waals surface area contributed by atoms with Crippen molar-refractivity contribution in [3.8, 4) is 11.5 Å². The van der Waals surface area contributed by atoms with Gasteiger partial charge in [-0.1, -0.05) is 6.07 Å². The van der Waals surface area contributed by atoms with E-state index in [1.165, 1.54) is 0 Å². The lowest BCUT2D eigenvalue weighted by Crippen LogP contribution is -2.48. The third-order valence-corrected chi connectivity index (χ3v) is 3.76. The molecule has 0 saturated heterocycles. The number of nitrogens with one attached hydrogen (secondary N) is 1. The van der Waals surface area contributed by atoms with Crippen molar-refractivity contribution in [3.63, 3.8) is 0 Å². The standard InChI is InChI=1S/C15H23N3O4/c1-10(18(2)8-17-15(20)12(16)7-19)5-11-3-4-13-14(6-11)22-9-21-13/h3-4,6,10,12,19H,5,7-9,16H2,1-2H3,(H,17,20). The molecule has 0 saturated carbocycles. The van der Waals surface area contributed by atoms with Gasteiger partial charge in [0.25, 0.3) is 0 Å². The van der Waals surface area contributed by atoms with Gasteiger partial charge in [0.2, 0.25) is 12.7 Å². The minimum Gasteiger partial charge on any atom is -0.454 e. The third kappa shape index (κ3) is 4.09. The van der Waals surface area contributed by atoms with Crippen molar-refractivity contribution in [1.29, 1.82) is 0 Å². The number of aliphatic hydroxyl groups excluding tert-OH is 1. The minimum atomic E-state index is -0.877. The van der Waals surface area contributed by atoms with Crippen molar-refractivity contribution in [3.05, 3.63) is 23.8 Å². The summed E-state index contributed by atoms with van der Waals surface area (Å²) in [5.74, 6) is 1.19. The summed E-state index contributed by atoms with van der Waals surface area (Å²) in [6, 6.07) is 5.24. The maximum Gasteiger partial charge on any atom is 0.240 e. The first-order valence-corrected chi connectivity index (χ1v) is 7.24. The fourth-order valence-corrected chi connectivity index (χ4v) is 2.14. The summed E-state index contributed by atoms with van der Waals surface area (Å²) < 4.78 is 10.7. The van der Waals surface area contributed by atoms with Gasteiger partial charge in [0.05, 0.1) is 13.3 Å². The average molecular weight is 309 g/mol. The topological polar surface area (TPSA) is 97.1 Å². The number of hydrogen-bond donors (Lipinski definition) is 3. The van der Waals surface area contributed by atoms with Gasteiger partial charge in [0, 0.05) is 6.04 Å². The molecule has 4 N–H and O–H groups in total. The van der Waals surface area contributed by atoms with E-state index in [0.717, 1.165) is 23.5 Å². The van der Waals surface area contributed by atoms with Crippen LogP contribution in [0, 0.1) is 0 Å². The second kappa shape index (κ2) is 7.44. The van der Waals surface area contributed by atoms with Crippen molar-refractivity contribution in [2.45, 2.75) is 25.4 Å². The smallest absolute Gasteiger partial charge is 0.240 e. The fourth-order valence-electron chi connectivity index (χ4n) is 2.14. The van der Waals surface area contributed by atoms with Crippen LogP contribution in [0.1, 0.15) is 12.5 Å². The molecule has 1 aliphatic heterocycles. The Kier molecular flexibility index (Phi) is 5.59. The van der Waals surface area contributed by atoms with Crippen LogP contribution in [-0.2, 0) is 11.2 Å². The van der Waals surface area contributed by atoms with E-state index in [2.05, 4.69) is 12.2 Å². The molecule has 0 radical (unpaired) electrons. The Hall–Kier alpha value is -1.83. The minimum absolute atomic E-state index is 0.214. The van der Waals surface area contributed by atoms with E-state index in [0.29, 0.717) is 6.67 Å². The largest absolute Gasteiger partial charge is 0.454 e. The molecule has 7 nitrogen and oxygen atoms in total. The molecule has 0 aromatic heterocycles. The number of carbonyl (C=O) groups excluding carboxylic acids is 1. The number of nitrogens with two attached hydrogens (primary N) is 1. The first kappa shape index (κ1) is 16.5. The van der Waals surface area contributed by atoms with Crippen molar-refractivity contribution in [2.24, 2.45) is 5.73 Å². The highest BCUT2D eigenvalue weighted by Crippen LogP contribution is 2.32. The summed E-state index contributed by atoms with van der Waals surface area (Å²) in [4.78, 5) is 13.5. The molecule has 7 heteroatoms.